The van der Waals surface area contributed by atoms with Crippen LogP contribution in [0.5, 0.6) is 5.75 Å². The highest BCUT2D eigenvalue weighted by Crippen LogP contribution is 2.39. The van der Waals surface area contributed by atoms with Crippen molar-refractivity contribution in [3.63, 3.8) is 0 Å². The molecule has 2 aromatic rings. The molecule has 3 heterocycles. The number of hydrogen-bond acceptors (Lipinski definition) is 7. The van der Waals surface area contributed by atoms with Gasteiger partial charge in [0, 0.05) is 43.0 Å². The monoisotopic (exact) mass is 438 g/mol. The Morgan fingerprint density at radius 2 is 2.09 bits per heavy atom. The fourth-order valence-corrected chi connectivity index (χ4v) is 4.68. The smallest absolute Gasteiger partial charge is 0.254 e. The van der Waals surface area contributed by atoms with E-state index < -0.39 is 11.9 Å². The lowest BCUT2D eigenvalue weighted by Crippen LogP contribution is -2.40. The highest BCUT2D eigenvalue weighted by atomic mass is 19.1. The number of nitrogen functional groups attached to an aromatic ring is 1. The predicted molar refractivity (Wildman–Crippen MR) is 116 cm³/mol. The van der Waals surface area contributed by atoms with Gasteiger partial charge in [-0.25, -0.2) is 9.37 Å². The molecule has 0 saturated heterocycles. The van der Waals surface area contributed by atoms with E-state index in [1.165, 1.54) is 37.5 Å². The molecule has 2 aliphatic heterocycles. The topological polar surface area (TPSA) is 96.4 Å². The van der Waals surface area contributed by atoms with Crippen molar-refractivity contribution < 1.29 is 13.9 Å². The van der Waals surface area contributed by atoms with Crippen LogP contribution in [0.3, 0.4) is 0 Å². The standard InChI is InChI=1S/C23H27FN6O2/c1-13-18-9-16(24)6-7-17(18)23(31)29(2)12-19-21(15-8-20(32-13)22(25)26-10-15)30(28-27-19)11-14-4-3-5-14/h6-10,13-14,19,21H,3-5,11-12H2,1-2H3,(H2,25,26). The van der Waals surface area contributed by atoms with Gasteiger partial charge < -0.3 is 15.4 Å². The van der Waals surface area contributed by atoms with E-state index in [0.717, 1.165) is 12.1 Å². The van der Waals surface area contributed by atoms with Crippen LogP contribution in [-0.4, -0.2) is 47.0 Å². The van der Waals surface area contributed by atoms with E-state index in [4.69, 9.17) is 10.5 Å². The number of nitrogens with two attached hydrogens (primary N) is 1. The molecule has 1 aromatic carbocycles. The highest BCUT2D eigenvalue weighted by molar-refractivity contribution is 5.95. The average Bonchev–Trinajstić information content (AvgIpc) is 3.13. The Kier molecular flexibility index (Phi) is 5.19. The lowest BCUT2D eigenvalue weighted by molar-refractivity contribution is 0.0762. The normalized spacial score (nSPS) is 25.3. The van der Waals surface area contributed by atoms with Gasteiger partial charge in [-0.2, -0.15) is 5.11 Å². The van der Waals surface area contributed by atoms with Crippen molar-refractivity contribution in [1.29, 1.82) is 0 Å². The van der Waals surface area contributed by atoms with E-state index in [9.17, 15) is 9.18 Å². The van der Waals surface area contributed by atoms with Crippen molar-refractivity contribution in [2.75, 3.05) is 25.9 Å². The van der Waals surface area contributed by atoms with Gasteiger partial charge in [0.2, 0.25) is 0 Å². The first kappa shape index (κ1) is 20.7. The fraction of sp³-hybridized carbons (Fsp3) is 0.478. The van der Waals surface area contributed by atoms with Gasteiger partial charge in [0.1, 0.15) is 24.0 Å². The summed E-state index contributed by atoms with van der Waals surface area (Å²) in [5.74, 6) is 0.608. The number of hydrogen-bond donors (Lipinski definition) is 1. The zero-order valence-electron chi connectivity index (χ0n) is 18.2. The summed E-state index contributed by atoms with van der Waals surface area (Å²) in [7, 11) is 1.74. The van der Waals surface area contributed by atoms with Gasteiger partial charge in [-0.1, -0.05) is 11.6 Å². The molecule has 3 unspecified atom stereocenters. The van der Waals surface area contributed by atoms with Gasteiger partial charge in [0.25, 0.3) is 5.91 Å². The van der Waals surface area contributed by atoms with E-state index in [0.29, 0.717) is 29.3 Å². The first-order valence-corrected chi connectivity index (χ1v) is 11.0. The number of ether oxygens (including phenoxy) is 1. The molecule has 32 heavy (non-hydrogen) atoms. The SMILES string of the molecule is CC1Oc2cc(cnc2N)C2C(CN(C)C(=O)c3ccc(F)cc31)N=NN2CC1CCC1. The van der Waals surface area contributed by atoms with Gasteiger partial charge in [-0.15, -0.1) is 0 Å². The second kappa shape index (κ2) is 8.03. The second-order valence-electron chi connectivity index (χ2n) is 8.97. The number of nitrogens with zero attached hydrogens (tertiary/aromatic N) is 5. The number of amides is 1. The van der Waals surface area contributed by atoms with Crippen LogP contribution in [0.25, 0.3) is 0 Å². The molecule has 2 bridgehead atoms. The first-order chi connectivity index (χ1) is 15.4. The predicted octanol–water partition coefficient (Wildman–Crippen LogP) is 3.92. The molecular weight excluding hydrogens is 411 g/mol. The van der Waals surface area contributed by atoms with Crippen LogP contribution >= 0.6 is 0 Å². The molecule has 5 rings (SSSR count). The second-order valence-corrected chi connectivity index (χ2v) is 8.97. The number of anilines is 1. The molecule has 2 N–H and O–H groups in total. The van der Waals surface area contributed by atoms with Crippen LogP contribution in [0.1, 0.15) is 59.8 Å². The van der Waals surface area contributed by atoms with Gasteiger partial charge in [-0.05, 0) is 49.9 Å². The number of carbonyl (C=O) groups is 1. The number of rotatable bonds is 2. The van der Waals surface area contributed by atoms with Crippen LogP contribution in [0.2, 0.25) is 0 Å². The van der Waals surface area contributed by atoms with E-state index >= 15 is 0 Å². The van der Waals surface area contributed by atoms with E-state index in [1.807, 2.05) is 11.1 Å². The Balaban J connectivity index is 1.58. The molecule has 1 aromatic heterocycles. The third-order valence-corrected chi connectivity index (χ3v) is 6.71. The van der Waals surface area contributed by atoms with Crippen molar-refractivity contribution in [2.45, 2.75) is 44.4 Å². The summed E-state index contributed by atoms with van der Waals surface area (Å²) >= 11 is 0. The summed E-state index contributed by atoms with van der Waals surface area (Å²) < 4.78 is 20.2. The number of aromatic nitrogens is 1. The first-order valence-electron chi connectivity index (χ1n) is 11.0. The summed E-state index contributed by atoms with van der Waals surface area (Å²) in [5, 5.41) is 11.0. The minimum Gasteiger partial charge on any atom is -0.482 e. The minimum absolute atomic E-state index is 0.163. The average molecular weight is 439 g/mol. The third-order valence-electron chi connectivity index (χ3n) is 6.71. The maximum absolute atomic E-state index is 14.1. The summed E-state index contributed by atoms with van der Waals surface area (Å²) in [5.41, 5.74) is 7.85. The van der Waals surface area contributed by atoms with Gasteiger partial charge in [0.05, 0.1) is 0 Å². The van der Waals surface area contributed by atoms with Gasteiger partial charge >= 0.3 is 0 Å². The number of carbonyl (C=O) groups excluding carboxylic acids is 1. The Hall–Kier alpha value is -3.23. The summed E-state index contributed by atoms with van der Waals surface area (Å²) in [6.45, 7) is 2.97. The highest BCUT2D eigenvalue weighted by Gasteiger charge is 2.38. The molecule has 1 amide bonds. The van der Waals surface area contributed by atoms with Gasteiger partial charge in [-0.3, -0.25) is 9.80 Å². The van der Waals surface area contributed by atoms with Crippen LogP contribution in [0.15, 0.2) is 40.8 Å². The van der Waals surface area contributed by atoms with Crippen LogP contribution in [-0.2, 0) is 0 Å². The zero-order chi connectivity index (χ0) is 22.4. The van der Waals surface area contributed by atoms with Crippen molar-refractivity contribution in [2.24, 2.45) is 16.3 Å². The molecule has 1 fully saturated rings. The summed E-state index contributed by atoms with van der Waals surface area (Å²) in [4.78, 5) is 19.3. The minimum atomic E-state index is -0.600. The maximum atomic E-state index is 14.1. The van der Waals surface area contributed by atoms with E-state index in [2.05, 4.69) is 15.3 Å². The third kappa shape index (κ3) is 3.65. The molecule has 9 heteroatoms. The molecule has 1 aliphatic carbocycles. The molecule has 168 valence electrons. The lowest BCUT2D eigenvalue weighted by Gasteiger charge is -2.34. The summed E-state index contributed by atoms with van der Waals surface area (Å²) in [6, 6.07) is 5.58. The lowest BCUT2D eigenvalue weighted by atomic mass is 9.85. The number of likely N-dealkylation sites (N-methyl/N-ethyl adjacent to an activating group) is 1. The van der Waals surface area contributed by atoms with Crippen molar-refractivity contribution in [3.05, 3.63) is 53.0 Å². The zero-order valence-corrected chi connectivity index (χ0v) is 18.2. The van der Waals surface area contributed by atoms with Gasteiger partial charge in [0.15, 0.2) is 11.6 Å². The van der Waals surface area contributed by atoms with Crippen molar-refractivity contribution in [1.82, 2.24) is 14.9 Å². The van der Waals surface area contributed by atoms with Crippen molar-refractivity contribution in [3.8, 4) is 5.75 Å². The molecular formula is C23H27FN6O2. The molecule has 3 aliphatic rings. The van der Waals surface area contributed by atoms with Crippen molar-refractivity contribution >= 4 is 11.7 Å². The largest absolute Gasteiger partial charge is 0.482 e. The van der Waals surface area contributed by atoms with Crippen LogP contribution < -0.4 is 10.5 Å². The summed E-state index contributed by atoms with van der Waals surface area (Å²) in [6.07, 6.45) is 4.77. The van der Waals surface area contributed by atoms with Crippen LogP contribution in [0.4, 0.5) is 10.2 Å². The van der Waals surface area contributed by atoms with Crippen LogP contribution in [0, 0.1) is 11.7 Å². The Bertz CT molecular complexity index is 1070. The maximum Gasteiger partial charge on any atom is 0.254 e. The van der Waals surface area contributed by atoms with E-state index in [1.54, 1.807) is 25.1 Å². The molecule has 0 spiro atoms. The molecule has 0 radical (unpaired) electrons. The number of halogens is 1. The molecule has 8 nitrogen and oxygen atoms in total. The Morgan fingerprint density at radius 1 is 1.28 bits per heavy atom. The quantitative estimate of drug-likeness (QED) is 0.767. The number of pyridine rings is 1. The number of benzene rings is 1. The fourth-order valence-electron chi connectivity index (χ4n) is 4.68. The Morgan fingerprint density at radius 3 is 2.84 bits per heavy atom. The molecule has 1 saturated carbocycles. The molecule has 3 atom stereocenters. The Labute approximate surface area is 186 Å². The van der Waals surface area contributed by atoms with E-state index in [-0.39, 0.29) is 23.8 Å². The number of fused-ring (bicyclic) bond motifs is 5.